The van der Waals surface area contributed by atoms with E-state index in [1.807, 2.05) is 54.6 Å². The summed E-state index contributed by atoms with van der Waals surface area (Å²) >= 11 is 1.40. The maximum atomic E-state index is 11.7. The zero-order valence-corrected chi connectivity index (χ0v) is 11.4. The molecular formula is C15H15NO2S. The van der Waals surface area contributed by atoms with Crippen molar-refractivity contribution in [2.45, 2.75) is 10.1 Å². The first-order valence-electron chi connectivity index (χ1n) is 5.86. The minimum atomic E-state index is -0.419. The van der Waals surface area contributed by atoms with Gasteiger partial charge in [-0.2, -0.15) is 0 Å². The number of methoxy groups -OCH3 is 1. The molecule has 2 aromatic carbocycles. The molecule has 0 radical (unpaired) electrons. The Morgan fingerprint density at radius 1 is 1.11 bits per heavy atom. The highest BCUT2D eigenvalue weighted by Crippen LogP contribution is 2.39. The lowest BCUT2D eigenvalue weighted by Gasteiger charge is -2.15. The molecule has 0 aliphatic heterocycles. The summed E-state index contributed by atoms with van der Waals surface area (Å²) in [7, 11) is 1.61. The molecule has 1 atom stereocenters. The number of carbonyl (C=O) groups excluding carboxylic acids is 1. The fourth-order valence-corrected chi connectivity index (χ4v) is 2.85. The van der Waals surface area contributed by atoms with E-state index in [0.29, 0.717) is 0 Å². The molecule has 19 heavy (non-hydrogen) atoms. The van der Waals surface area contributed by atoms with Gasteiger partial charge in [0.1, 0.15) is 11.0 Å². The van der Waals surface area contributed by atoms with Crippen molar-refractivity contribution in [3.05, 3.63) is 60.2 Å². The Hall–Kier alpha value is -1.94. The highest BCUT2D eigenvalue weighted by Gasteiger charge is 2.20. The Kier molecular flexibility index (Phi) is 4.47. The minimum Gasteiger partial charge on any atom is -0.496 e. The van der Waals surface area contributed by atoms with E-state index in [-0.39, 0.29) is 5.91 Å². The van der Waals surface area contributed by atoms with Crippen molar-refractivity contribution < 1.29 is 9.53 Å². The number of hydrogen-bond donors (Lipinski definition) is 1. The number of benzene rings is 2. The van der Waals surface area contributed by atoms with Crippen molar-refractivity contribution in [2.24, 2.45) is 5.73 Å². The molecule has 98 valence electrons. The van der Waals surface area contributed by atoms with Crippen LogP contribution in [0.4, 0.5) is 0 Å². The number of hydrogen-bond acceptors (Lipinski definition) is 3. The Balaban J connectivity index is 2.30. The van der Waals surface area contributed by atoms with Crippen LogP contribution in [0, 0.1) is 0 Å². The molecule has 2 N–H and O–H groups in total. The standard InChI is InChI=1S/C15H15NO2S/c1-18-12-9-5-6-10-13(12)19-14(15(16)17)11-7-3-2-4-8-11/h2-10,14H,1H3,(H2,16,17). The molecule has 2 rings (SSSR count). The van der Waals surface area contributed by atoms with Crippen molar-refractivity contribution in [3.8, 4) is 5.75 Å². The normalized spacial score (nSPS) is 11.8. The SMILES string of the molecule is COc1ccccc1SC(C(N)=O)c1ccccc1. The first kappa shape index (κ1) is 13.5. The van der Waals surface area contributed by atoms with Gasteiger partial charge in [0, 0.05) is 0 Å². The van der Waals surface area contributed by atoms with Crippen molar-refractivity contribution in [3.63, 3.8) is 0 Å². The molecule has 4 heteroatoms. The van der Waals surface area contributed by atoms with Crippen LogP contribution in [0.2, 0.25) is 0 Å². The van der Waals surface area contributed by atoms with Crippen molar-refractivity contribution in [2.75, 3.05) is 7.11 Å². The number of thioether (sulfide) groups is 1. The van der Waals surface area contributed by atoms with E-state index in [1.54, 1.807) is 7.11 Å². The van der Waals surface area contributed by atoms with Crippen LogP contribution in [0.15, 0.2) is 59.5 Å². The van der Waals surface area contributed by atoms with Crippen LogP contribution in [0.5, 0.6) is 5.75 Å². The number of para-hydroxylation sites is 1. The maximum Gasteiger partial charge on any atom is 0.235 e. The van der Waals surface area contributed by atoms with E-state index in [9.17, 15) is 4.79 Å². The molecule has 0 aliphatic carbocycles. The molecule has 0 spiro atoms. The summed E-state index contributed by atoms with van der Waals surface area (Å²) in [5.41, 5.74) is 6.40. The lowest BCUT2D eigenvalue weighted by atomic mass is 10.1. The summed E-state index contributed by atoms with van der Waals surface area (Å²) in [5.74, 6) is 0.386. The molecular weight excluding hydrogens is 258 g/mol. The summed E-state index contributed by atoms with van der Waals surface area (Å²) < 4.78 is 5.29. The fraction of sp³-hybridized carbons (Fsp3) is 0.133. The average Bonchev–Trinajstić information content (AvgIpc) is 2.45. The van der Waals surface area contributed by atoms with E-state index in [0.717, 1.165) is 16.2 Å². The molecule has 0 heterocycles. The Morgan fingerprint density at radius 2 is 1.74 bits per heavy atom. The quantitative estimate of drug-likeness (QED) is 0.852. The third-order valence-corrected chi connectivity index (χ3v) is 4.01. The molecule has 0 fully saturated rings. The van der Waals surface area contributed by atoms with Gasteiger partial charge in [0.05, 0.1) is 12.0 Å². The largest absolute Gasteiger partial charge is 0.496 e. The summed E-state index contributed by atoms with van der Waals surface area (Å²) in [4.78, 5) is 12.6. The predicted octanol–water partition coefficient (Wildman–Crippen LogP) is 3.01. The van der Waals surface area contributed by atoms with Crippen LogP contribution in [0.1, 0.15) is 10.8 Å². The third kappa shape index (κ3) is 3.29. The number of ether oxygens (including phenoxy) is 1. The first-order valence-corrected chi connectivity index (χ1v) is 6.74. The van der Waals surface area contributed by atoms with Gasteiger partial charge in [0.2, 0.25) is 5.91 Å². The van der Waals surface area contributed by atoms with E-state index in [2.05, 4.69) is 0 Å². The average molecular weight is 273 g/mol. The van der Waals surface area contributed by atoms with Gasteiger partial charge in [-0.25, -0.2) is 0 Å². The summed E-state index contributed by atoms with van der Waals surface area (Å²) in [6.07, 6.45) is 0. The Bertz CT molecular complexity index is 557. The number of amides is 1. The van der Waals surface area contributed by atoms with Gasteiger partial charge in [0.25, 0.3) is 0 Å². The minimum absolute atomic E-state index is 0.359. The van der Waals surface area contributed by atoms with Crippen LogP contribution < -0.4 is 10.5 Å². The molecule has 2 aromatic rings. The highest BCUT2D eigenvalue weighted by atomic mass is 32.2. The van der Waals surface area contributed by atoms with Gasteiger partial charge >= 0.3 is 0 Å². The van der Waals surface area contributed by atoms with Crippen LogP contribution >= 0.6 is 11.8 Å². The zero-order valence-electron chi connectivity index (χ0n) is 10.6. The molecule has 0 aromatic heterocycles. The van der Waals surface area contributed by atoms with Crippen molar-refractivity contribution in [1.29, 1.82) is 0 Å². The second-order valence-electron chi connectivity index (χ2n) is 3.96. The summed E-state index contributed by atoms with van der Waals surface area (Å²) in [6.45, 7) is 0. The smallest absolute Gasteiger partial charge is 0.235 e. The number of carbonyl (C=O) groups is 1. The van der Waals surface area contributed by atoms with Gasteiger partial charge < -0.3 is 10.5 Å². The Morgan fingerprint density at radius 3 is 2.37 bits per heavy atom. The highest BCUT2D eigenvalue weighted by molar-refractivity contribution is 8.00. The van der Waals surface area contributed by atoms with E-state index in [4.69, 9.17) is 10.5 Å². The third-order valence-electron chi connectivity index (χ3n) is 2.67. The number of nitrogens with two attached hydrogens (primary N) is 1. The van der Waals surface area contributed by atoms with Gasteiger partial charge in [-0.3, -0.25) is 4.79 Å². The van der Waals surface area contributed by atoms with E-state index < -0.39 is 5.25 Å². The zero-order chi connectivity index (χ0) is 13.7. The van der Waals surface area contributed by atoms with Gasteiger partial charge in [0.15, 0.2) is 0 Å². The van der Waals surface area contributed by atoms with Crippen LogP contribution in [-0.2, 0) is 4.79 Å². The van der Waals surface area contributed by atoms with Crippen LogP contribution in [-0.4, -0.2) is 13.0 Å². The van der Waals surface area contributed by atoms with Gasteiger partial charge in [-0.1, -0.05) is 42.5 Å². The monoisotopic (exact) mass is 273 g/mol. The molecule has 3 nitrogen and oxygen atoms in total. The van der Waals surface area contributed by atoms with Crippen LogP contribution in [0.3, 0.4) is 0 Å². The molecule has 0 saturated heterocycles. The Labute approximate surface area is 116 Å². The molecule has 0 aliphatic rings. The van der Waals surface area contributed by atoms with E-state index in [1.165, 1.54) is 11.8 Å². The molecule has 1 unspecified atom stereocenters. The molecule has 0 saturated carbocycles. The van der Waals surface area contributed by atoms with Crippen LogP contribution in [0.25, 0.3) is 0 Å². The van der Waals surface area contributed by atoms with Crippen molar-refractivity contribution >= 4 is 17.7 Å². The van der Waals surface area contributed by atoms with Gasteiger partial charge in [-0.05, 0) is 17.7 Å². The van der Waals surface area contributed by atoms with Gasteiger partial charge in [-0.15, -0.1) is 11.8 Å². The topological polar surface area (TPSA) is 52.3 Å². The lowest BCUT2D eigenvalue weighted by molar-refractivity contribution is -0.117. The van der Waals surface area contributed by atoms with Crippen molar-refractivity contribution in [1.82, 2.24) is 0 Å². The second-order valence-corrected chi connectivity index (χ2v) is 5.11. The van der Waals surface area contributed by atoms with E-state index >= 15 is 0 Å². The molecule has 0 bridgehead atoms. The summed E-state index contributed by atoms with van der Waals surface area (Å²) in [6, 6.07) is 17.1. The second kappa shape index (κ2) is 6.29. The first-order chi connectivity index (χ1) is 9.22. The maximum absolute atomic E-state index is 11.7. The molecule has 1 amide bonds. The number of rotatable bonds is 5. The predicted molar refractivity (Wildman–Crippen MR) is 77.2 cm³/mol. The number of primary amides is 1. The lowest BCUT2D eigenvalue weighted by Crippen LogP contribution is -2.18. The summed E-state index contributed by atoms with van der Waals surface area (Å²) in [5, 5.41) is -0.419. The fourth-order valence-electron chi connectivity index (χ4n) is 1.76.